The second kappa shape index (κ2) is 10.6. The summed E-state index contributed by atoms with van der Waals surface area (Å²) in [5, 5.41) is 2.84. The van der Waals surface area contributed by atoms with E-state index in [0.717, 1.165) is 32.3 Å². The number of para-hydroxylation sites is 1. The summed E-state index contributed by atoms with van der Waals surface area (Å²) in [7, 11) is 0. The Balaban J connectivity index is 1.59. The van der Waals surface area contributed by atoms with Gasteiger partial charge in [-0.05, 0) is 55.7 Å². The zero-order valence-corrected chi connectivity index (χ0v) is 16.7. The van der Waals surface area contributed by atoms with Crippen molar-refractivity contribution in [1.82, 2.24) is 0 Å². The average Bonchev–Trinajstić information content (AvgIpc) is 3.27. The number of anilines is 1. The molecule has 1 aliphatic rings. The number of nitrogens with one attached hydrogen (secondary N) is 1. The van der Waals surface area contributed by atoms with Gasteiger partial charge >= 0.3 is 5.97 Å². The summed E-state index contributed by atoms with van der Waals surface area (Å²) in [4.78, 5) is 24.7. The lowest BCUT2D eigenvalue weighted by molar-refractivity contribution is 0.0499. The van der Waals surface area contributed by atoms with Crippen LogP contribution in [0.3, 0.4) is 0 Å². The van der Waals surface area contributed by atoms with E-state index in [1.807, 2.05) is 13.0 Å². The molecule has 1 N–H and O–H groups in total. The largest absolute Gasteiger partial charge is 0.490 e. The van der Waals surface area contributed by atoms with Crippen LogP contribution in [0.2, 0.25) is 0 Å². The predicted molar refractivity (Wildman–Crippen MR) is 110 cm³/mol. The first kappa shape index (κ1) is 20.9. The summed E-state index contributed by atoms with van der Waals surface area (Å²) in [6.45, 7) is 3.64. The summed E-state index contributed by atoms with van der Waals surface area (Å²) < 4.78 is 16.6. The van der Waals surface area contributed by atoms with Gasteiger partial charge in [0.05, 0.1) is 23.8 Å². The highest BCUT2D eigenvalue weighted by atomic mass is 16.5. The van der Waals surface area contributed by atoms with Crippen LogP contribution in [0.15, 0.2) is 48.5 Å². The molecule has 6 nitrogen and oxygen atoms in total. The smallest absolute Gasteiger partial charge is 0.338 e. The van der Waals surface area contributed by atoms with Crippen molar-refractivity contribution < 1.29 is 23.8 Å². The van der Waals surface area contributed by atoms with E-state index in [4.69, 9.17) is 14.2 Å². The fourth-order valence-corrected chi connectivity index (χ4v) is 3.02. The molecule has 3 rings (SSSR count). The Morgan fingerprint density at radius 1 is 1.14 bits per heavy atom. The van der Waals surface area contributed by atoms with Crippen LogP contribution in [0, 0.1) is 0 Å². The van der Waals surface area contributed by atoms with Gasteiger partial charge in [0, 0.05) is 12.3 Å². The molecule has 1 amide bonds. The molecule has 0 saturated carbocycles. The molecule has 1 heterocycles. The Bertz CT molecular complexity index is 812. The number of hydrogen-bond donors (Lipinski definition) is 1. The molecule has 2 aromatic carbocycles. The van der Waals surface area contributed by atoms with Crippen molar-refractivity contribution in [3.8, 4) is 5.75 Å². The molecule has 1 unspecified atom stereocenters. The number of benzene rings is 2. The van der Waals surface area contributed by atoms with Crippen LogP contribution in [0.25, 0.3) is 0 Å². The molecular formula is C23H27NO5. The lowest BCUT2D eigenvalue weighted by Gasteiger charge is -2.14. The topological polar surface area (TPSA) is 73.9 Å². The quantitative estimate of drug-likeness (QED) is 0.500. The molecule has 0 bridgehead atoms. The second-order valence-electron chi connectivity index (χ2n) is 6.96. The number of carbonyl (C=O) groups is 2. The first-order valence-corrected chi connectivity index (χ1v) is 10.1. The minimum atomic E-state index is -0.357. The number of rotatable bonds is 9. The van der Waals surface area contributed by atoms with E-state index in [-0.39, 0.29) is 18.0 Å². The number of hydrogen-bond acceptors (Lipinski definition) is 5. The first-order chi connectivity index (χ1) is 14.2. The average molecular weight is 397 g/mol. The zero-order valence-electron chi connectivity index (χ0n) is 16.7. The normalized spacial score (nSPS) is 15.7. The van der Waals surface area contributed by atoms with Crippen LogP contribution >= 0.6 is 0 Å². The van der Waals surface area contributed by atoms with Crippen LogP contribution in [-0.4, -0.2) is 37.8 Å². The van der Waals surface area contributed by atoms with E-state index in [9.17, 15) is 9.59 Å². The fourth-order valence-electron chi connectivity index (χ4n) is 3.02. The zero-order chi connectivity index (χ0) is 20.5. The standard InChI is InChI=1S/C23H27NO5/c1-2-3-14-28-23(26)17-10-12-18(13-11-17)24-22(25)20-8-4-5-9-21(20)29-16-19-7-6-15-27-19/h4-5,8-13,19H,2-3,6-7,14-16H2,1H3,(H,24,25). The van der Waals surface area contributed by atoms with Crippen LogP contribution in [-0.2, 0) is 9.47 Å². The highest BCUT2D eigenvalue weighted by molar-refractivity contribution is 6.06. The van der Waals surface area contributed by atoms with Crippen LogP contribution in [0.5, 0.6) is 5.75 Å². The Hall–Kier alpha value is -2.86. The lowest BCUT2D eigenvalue weighted by atomic mass is 10.1. The van der Waals surface area contributed by atoms with Gasteiger partial charge in [0.2, 0.25) is 0 Å². The number of unbranched alkanes of at least 4 members (excludes halogenated alkanes) is 1. The number of ether oxygens (including phenoxy) is 3. The number of carbonyl (C=O) groups excluding carboxylic acids is 2. The maximum atomic E-state index is 12.7. The van der Waals surface area contributed by atoms with E-state index < -0.39 is 0 Å². The van der Waals surface area contributed by atoms with Gasteiger partial charge in [-0.3, -0.25) is 4.79 Å². The van der Waals surface area contributed by atoms with Crippen molar-refractivity contribution in [2.75, 3.05) is 25.1 Å². The summed E-state index contributed by atoms with van der Waals surface area (Å²) >= 11 is 0. The molecule has 0 aliphatic carbocycles. The third kappa shape index (κ3) is 6.06. The van der Waals surface area contributed by atoms with Crippen molar-refractivity contribution in [2.45, 2.75) is 38.7 Å². The Labute approximate surface area is 171 Å². The van der Waals surface area contributed by atoms with Gasteiger partial charge in [0.1, 0.15) is 12.4 Å². The van der Waals surface area contributed by atoms with Crippen molar-refractivity contribution in [3.05, 3.63) is 59.7 Å². The minimum absolute atomic E-state index is 0.0794. The van der Waals surface area contributed by atoms with Gasteiger partial charge in [0.15, 0.2) is 0 Å². The van der Waals surface area contributed by atoms with Crippen LogP contribution < -0.4 is 10.1 Å². The van der Waals surface area contributed by atoms with E-state index in [2.05, 4.69) is 5.32 Å². The third-order valence-corrected chi connectivity index (χ3v) is 4.69. The maximum absolute atomic E-state index is 12.7. The molecule has 154 valence electrons. The van der Waals surface area contributed by atoms with Gasteiger partial charge in [-0.25, -0.2) is 4.79 Å². The van der Waals surface area contributed by atoms with E-state index in [0.29, 0.717) is 35.8 Å². The molecule has 0 spiro atoms. The number of amides is 1. The maximum Gasteiger partial charge on any atom is 0.338 e. The van der Waals surface area contributed by atoms with Gasteiger partial charge < -0.3 is 19.5 Å². The molecule has 1 aliphatic heterocycles. The lowest BCUT2D eigenvalue weighted by Crippen LogP contribution is -2.19. The highest BCUT2D eigenvalue weighted by Gasteiger charge is 2.18. The summed E-state index contributed by atoms with van der Waals surface area (Å²) in [5.74, 6) is -0.105. The molecular weight excluding hydrogens is 370 g/mol. The summed E-state index contributed by atoms with van der Waals surface area (Å²) in [6, 6.07) is 13.8. The minimum Gasteiger partial charge on any atom is -0.490 e. The van der Waals surface area contributed by atoms with Gasteiger partial charge in [0.25, 0.3) is 5.91 Å². The molecule has 29 heavy (non-hydrogen) atoms. The molecule has 1 atom stereocenters. The van der Waals surface area contributed by atoms with Gasteiger partial charge in [-0.2, -0.15) is 0 Å². The third-order valence-electron chi connectivity index (χ3n) is 4.69. The summed E-state index contributed by atoms with van der Waals surface area (Å²) in [5.41, 5.74) is 1.50. The number of esters is 1. The monoisotopic (exact) mass is 397 g/mol. The fraction of sp³-hybridized carbons (Fsp3) is 0.391. The van der Waals surface area contributed by atoms with E-state index in [1.54, 1.807) is 42.5 Å². The van der Waals surface area contributed by atoms with Gasteiger partial charge in [-0.15, -0.1) is 0 Å². The van der Waals surface area contributed by atoms with Crippen LogP contribution in [0.1, 0.15) is 53.3 Å². The Kier molecular flexibility index (Phi) is 7.64. The van der Waals surface area contributed by atoms with E-state index in [1.165, 1.54) is 0 Å². The SMILES string of the molecule is CCCCOC(=O)c1ccc(NC(=O)c2ccccc2OCC2CCCO2)cc1. The summed E-state index contributed by atoms with van der Waals surface area (Å²) in [6.07, 6.45) is 3.90. The highest BCUT2D eigenvalue weighted by Crippen LogP contribution is 2.22. The van der Waals surface area contributed by atoms with Crippen molar-refractivity contribution in [3.63, 3.8) is 0 Å². The second-order valence-corrected chi connectivity index (χ2v) is 6.96. The molecule has 6 heteroatoms. The molecule has 0 radical (unpaired) electrons. The van der Waals surface area contributed by atoms with Crippen molar-refractivity contribution in [1.29, 1.82) is 0 Å². The van der Waals surface area contributed by atoms with Crippen molar-refractivity contribution >= 4 is 17.6 Å². The Morgan fingerprint density at radius 3 is 2.66 bits per heavy atom. The predicted octanol–water partition coefficient (Wildman–Crippen LogP) is 4.45. The van der Waals surface area contributed by atoms with Gasteiger partial charge in [-0.1, -0.05) is 25.5 Å². The Morgan fingerprint density at radius 2 is 1.93 bits per heavy atom. The molecule has 0 aromatic heterocycles. The van der Waals surface area contributed by atoms with E-state index >= 15 is 0 Å². The van der Waals surface area contributed by atoms with Crippen molar-refractivity contribution in [2.24, 2.45) is 0 Å². The van der Waals surface area contributed by atoms with Crippen LogP contribution in [0.4, 0.5) is 5.69 Å². The first-order valence-electron chi connectivity index (χ1n) is 10.1. The molecule has 1 fully saturated rings. The molecule has 2 aromatic rings. The molecule has 1 saturated heterocycles.